The van der Waals surface area contributed by atoms with Gasteiger partial charge in [-0.3, -0.25) is 9.78 Å². The number of rotatable bonds is 6. The Morgan fingerprint density at radius 2 is 1.95 bits per heavy atom. The van der Waals surface area contributed by atoms with Gasteiger partial charge in [-0.25, -0.2) is 0 Å². The highest BCUT2D eigenvalue weighted by Crippen LogP contribution is 2.47. The zero-order chi connectivity index (χ0) is 26.4. The Bertz CT molecular complexity index is 1340. The van der Waals surface area contributed by atoms with E-state index < -0.39 is 5.79 Å². The highest BCUT2D eigenvalue weighted by molar-refractivity contribution is 5.96. The summed E-state index contributed by atoms with van der Waals surface area (Å²) in [6, 6.07) is 14.4. The molecule has 1 N–H and O–H groups in total. The standard InChI is InChI=1S/C31H37N3O4/c1-19(26-14-20-9-5-6-11-22(20)17-32-26)34(18-24-13-21-10-7-8-12-25(21)33-24)30(35)23-15-27(36-4)29-28(16-23)37-31(2,3)38-29/h5-6,9,11,14-17,19,21,24-25,33H,7-8,10,12-13,18H2,1-4H3/t19?,21-,24-,25-/m0/s1. The molecule has 3 heterocycles. The zero-order valence-electron chi connectivity index (χ0n) is 22.7. The fraction of sp³-hybridized carbons (Fsp3) is 0.484. The Morgan fingerprint density at radius 1 is 1.16 bits per heavy atom. The van der Waals surface area contributed by atoms with Gasteiger partial charge in [-0.15, -0.1) is 0 Å². The molecule has 1 aromatic heterocycles. The van der Waals surface area contributed by atoms with Gasteiger partial charge < -0.3 is 24.4 Å². The van der Waals surface area contributed by atoms with E-state index in [4.69, 9.17) is 19.2 Å². The van der Waals surface area contributed by atoms with Crippen LogP contribution in [0, 0.1) is 5.92 Å². The normalized spacial score (nSPS) is 24.2. The molecular weight excluding hydrogens is 478 g/mol. The molecule has 2 aromatic carbocycles. The molecule has 3 aromatic rings. The third-order valence-corrected chi connectivity index (χ3v) is 8.36. The lowest BCUT2D eigenvalue weighted by atomic mass is 9.85. The number of nitrogens with zero attached hydrogens (tertiary/aromatic N) is 2. The van der Waals surface area contributed by atoms with E-state index in [1.807, 2.05) is 37.1 Å². The van der Waals surface area contributed by atoms with E-state index in [1.54, 1.807) is 19.2 Å². The quantitative estimate of drug-likeness (QED) is 0.442. The second-order valence-electron chi connectivity index (χ2n) is 11.4. The van der Waals surface area contributed by atoms with Crippen LogP contribution in [0.15, 0.2) is 48.7 Å². The minimum absolute atomic E-state index is 0.0708. The molecule has 2 aliphatic heterocycles. The van der Waals surface area contributed by atoms with E-state index in [0.29, 0.717) is 41.3 Å². The summed E-state index contributed by atoms with van der Waals surface area (Å²) in [4.78, 5) is 21.0. The minimum atomic E-state index is -0.816. The van der Waals surface area contributed by atoms with Gasteiger partial charge >= 0.3 is 0 Å². The van der Waals surface area contributed by atoms with E-state index >= 15 is 0 Å². The lowest BCUT2D eigenvalue weighted by molar-refractivity contribution is -0.0439. The fourth-order valence-electron chi connectivity index (χ4n) is 6.44. The number of methoxy groups -OCH3 is 1. The molecule has 0 radical (unpaired) electrons. The lowest BCUT2D eigenvalue weighted by Gasteiger charge is -2.32. The molecule has 1 aliphatic carbocycles. The molecule has 2 fully saturated rings. The van der Waals surface area contributed by atoms with Crippen LogP contribution in [0.25, 0.3) is 10.8 Å². The number of fused-ring (bicyclic) bond motifs is 3. The van der Waals surface area contributed by atoms with Crippen LogP contribution in [0.3, 0.4) is 0 Å². The first-order chi connectivity index (χ1) is 18.3. The van der Waals surface area contributed by atoms with Gasteiger partial charge in [0.2, 0.25) is 11.5 Å². The maximum absolute atomic E-state index is 14.3. The first kappa shape index (κ1) is 25.0. The van der Waals surface area contributed by atoms with Crippen molar-refractivity contribution in [1.82, 2.24) is 15.2 Å². The van der Waals surface area contributed by atoms with Gasteiger partial charge in [-0.2, -0.15) is 0 Å². The molecule has 1 amide bonds. The number of ether oxygens (including phenoxy) is 3. The Kier molecular flexibility index (Phi) is 6.42. The van der Waals surface area contributed by atoms with Crippen molar-refractivity contribution in [3.63, 3.8) is 0 Å². The van der Waals surface area contributed by atoms with Gasteiger partial charge in [-0.1, -0.05) is 37.1 Å². The summed E-state index contributed by atoms with van der Waals surface area (Å²) in [5, 5.41) is 6.07. The molecule has 0 bridgehead atoms. The topological polar surface area (TPSA) is 72.9 Å². The molecule has 1 saturated heterocycles. The van der Waals surface area contributed by atoms with Crippen LogP contribution in [0.5, 0.6) is 17.2 Å². The summed E-state index contributed by atoms with van der Waals surface area (Å²) < 4.78 is 17.6. The lowest BCUT2D eigenvalue weighted by Crippen LogP contribution is -2.44. The Hall–Kier alpha value is -3.32. The molecule has 1 saturated carbocycles. The molecular formula is C31H37N3O4. The highest BCUT2D eigenvalue weighted by Gasteiger charge is 2.39. The van der Waals surface area contributed by atoms with Gasteiger partial charge in [0, 0.05) is 49.6 Å². The third-order valence-electron chi connectivity index (χ3n) is 8.36. The van der Waals surface area contributed by atoms with Crippen LogP contribution in [0.4, 0.5) is 0 Å². The van der Waals surface area contributed by atoms with Crippen molar-refractivity contribution in [1.29, 1.82) is 0 Å². The Morgan fingerprint density at radius 3 is 2.74 bits per heavy atom. The van der Waals surface area contributed by atoms with Crippen LogP contribution in [-0.4, -0.2) is 47.3 Å². The third kappa shape index (κ3) is 4.68. The van der Waals surface area contributed by atoms with Crippen molar-refractivity contribution < 1.29 is 19.0 Å². The molecule has 200 valence electrons. The Balaban J connectivity index is 1.34. The minimum Gasteiger partial charge on any atom is -0.493 e. The molecule has 4 atom stereocenters. The SMILES string of the molecule is COc1cc(C(=O)N(C[C@@H]2C[C@@H]3CCCC[C@@H]3N2)C(C)c2cc3ccccc3cn2)cc2c1OC(C)(C)O2. The number of hydrogen-bond acceptors (Lipinski definition) is 6. The van der Waals surface area contributed by atoms with Gasteiger partial charge in [0.05, 0.1) is 18.8 Å². The fourth-order valence-corrected chi connectivity index (χ4v) is 6.44. The van der Waals surface area contributed by atoms with Gasteiger partial charge in [0.15, 0.2) is 11.5 Å². The summed E-state index contributed by atoms with van der Waals surface area (Å²) in [6.07, 6.45) is 8.10. The van der Waals surface area contributed by atoms with Crippen molar-refractivity contribution in [2.24, 2.45) is 5.92 Å². The summed E-state index contributed by atoms with van der Waals surface area (Å²) in [6.45, 7) is 6.38. The predicted octanol–water partition coefficient (Wildman–Crippen LogP) is 5.87. The largest absolute Gasteiger partial charge is 0.493 e. The van der Waals surface area contributed by atoms with E-state index in [2.05, 4.69) is 30.4 Å². The monoisotopic (exact) mass is 515 g/mol. The van der Waals surface area contributed by atoms with Gasteiger partial charge in [0.1, 0.15) is 0 Å². The molecule has 3 aliphatic rings. The first-order valence-electron chi connectivity index (χ1n) is 13.8. The van der Waals surface area contributed by atoms with Crippen LogP contribution < -0.4 is 19.5 Å². The van der Waals surface area contributed by atoms with Crippen LogP contribution in [0.2, 0.25) is 0 Å². The number of hydrogen-bond donors (Lipinski definition) is 1. The van der Waals surface area contributed by atoms with Gasteiger partial charge in [-0.05, 0) is 55.7 Å². The smallest absolute Gasteiger partial charge is 0.254 e. The van der Waals surface area contributed by atoms with E-state index in [9.17, 15) is 4.79 Å². The number of carbonyl (C=O) groups is 1. The highest BCUT2D eigenvalue weighted by atomic mass is 16.7. The second kappa shape index (κ2) is 9.77. The summed E-state index contributed by atoms with van der Waals surface area (Å²) in [5.41, 5.74) is 1.39. The van der Waals surface area contributed by atoms with E-state index in [0.717, 1.165) is 22.9 Å². The van der Waals surface area contributed by atoms with Crippen molar-refractivity contribution in [2.75, 3.05) is 13.7 Å². The molecule has 38 heavy (non-hydrogen) atoms. The summed E-state index contributed by atoms with van der Waals surface area (Å²) in [7, 11) is 1.59. The predicted molar refractivity (Wildman–Crippen MR) is 147 cm³/mol. The van der Waals surface area contributed by atoms with Crippen LogP contribution in [0.1, 0.15) is 75.0 Å². The average Bonchev–Trinajstić information content (AvgIpc) is 3.48. The first-order valence-corrected chi connectivity index (χ1v) is 13.8. The number of aromatic nitrogens is 1. The number of amides is 1. The van der Waals surface area contributed by atoms with Gasteiger partial charge in [0.25, 0.3) is 5.91 Å². The number of carbonyl (C=O) groups excluding carboxylic acids is 1. The molecule has 0 spiro atoms. The Labute approximate surface area is 224 Å². The zero-order valence-corrected chi connectivity index (χ0v) is 22.7. The van der Waals surface area contributed by atoms with Crippen molar-refractivity contribution in [3.05, 3.63) is 59.9 Å². The molecule has 7 heteroatoms. The average molecular weight is 516 g/mol. The van der Waals surface area contributed by atoms with Crippen molar-refractivity contribution in [3.8, 4) is 17.2 Å². The summed E-state index contributed by atoms with van der Waals surface area (Å²) in [5.74, 6) is 1.37. The maximum atomic E-state index is 14.3. The van der Waals surface area contributed by atoms with Crippen molar-refractivity contribution >= 4 is 16.7 Å². The van der Waals surface area contributed by atoms with E-state index in [-0.39, 0.29) is 18.0 Å². The molecule has 1 unspecified atom stereocenters. The summed E-state index contributed by atoms with van der Waals surface area (Å²) >= 11 is 0. The second-order valence-corrected chi connectivity index (χ2v) is 11.4. The number of nitrogens with one attached hydrogen (secondary N) is 1. The number of benzene rings is 2. The van der Waals surface area contributed by atoms with Crippen LogP contribution >= 0.6 is 0 Å². The van der Waals surface area contributed by atoms with Crippen molar-refractivity contribution in [2.45, 2.75) is 76.8 Å². The number of pyridine rings is 1. The van der Waals surface area contributed by atoms with E-state index in [1.165, 1.54) is 25.7 Å². The molecule has 7 nitrogen and oxygen atoms in total. The van der Waals surface area contributed by atoms with Crippen LogP contribution in [-0.2, 0) is 0 Å². The molecule has 6 rings (SSSR count). The maximum Gasteiger partial charge on any atom is 0.254 e.